The molecule has 1 aliphatic heterocycles. The van der Waals surface area contributed by atoms with E-state index in [9.17, 15) is 9.35 Å². The zero-order valence-electron chi connectivity index (χ0n) is 19.1. The van der Waals surface area contributed by atoms with E-state index in [2.05, 4.69) is 5.32 Å². The molecule has 1 fully saturated rings. The standard InChI is InChI=1S/C27H28ClNO4S/c1-2-34(31)25-13-3-20(4-14-25)19-26(30)29-23-9-11-24(12-10-23)33-27(15-17-32-18-16-27)21-5-7-22(28)8-6-21/h3-14H,2,15-19H2,1H3,(H,29,30)/t34-/m0/s1. The van der Waals surface area contributed by atoms with Gasteiger partial charge >= 0.3 is 0 Å². The largest absolute Gasteiger partial charge is 0.611 e. The van der Waals surface area contributed by atoms with Crippen LogP contribution in [-0.2, 0) is 32.7 Å². The van der Waals surface area contributed by atoms with E-state index in [0.717, 1.165) is 34.6 Å². The third kappa shape index (κ3) is 6.13. The number of ether oxygens (including phenoxy) is 2. The van der Waals surface area contributed by atoms with Crippen molar-refractivity contribution < 1.29 is 18.8 Å². The molecule has 1 atom stereocenters. The van der Waals surface area contributed by atoms with Crippen molar-refractivity contribution in [1.29, 1.82) is 0 Å². The number of carbonyl (C=O) groups excluding carboxylic acids is 1. The number of nitrogens with one attached hydrogen (secondary N) is 1. The predicted molar refractivity (Wildman–Crippen MR) is 136 cm³/mol. The number of anilines is 1. The average molecular weight is 498 g/mol. The number of benzene rings is 3. The molecule has 1 saturated heterocycles. The minimum Gasteiger partial charge on any atom is -0.611 e. The Labute approximate surface area is 208 Å². The summed E-state index contributed by atoms with van der Waals surface area (Å²) in [5, 5.41) is 3.62. The van der Waals surface area contributed by atoms with Gasteiger partial charge in [-0.05, 0) is 77.8 Å². The highest BCUT2D eigenvalue weighted by atomic mass is 35.5. The van der Waals surface area contributed by atoms with E-state index < -0.39 is 16.8 Å². The van der Waals surface area contributed by atoms with Gasteiger partial charge in [-0.2, -0.15) is 0 Å². The molecule has 1 aliphatic rings. The molecule has 1 amide bonds. The molecule has 0 unspecified atom stereocenters. The Hall–Kier alpha value is -2.51. The van der Waals surface area contributed by atoms with Crippen LogP contribution in [0.1, 0.15) is 30.9 Å². The van der Waals surface area contributed by atoms with Gasteiger partial charge in [-0.15, -0.1) is 0 Å². The van der Waals surface area contributed by atoms with Gasteiger partial charge in [-0.25, -0.2) is 0 Å². The van der Waals surface area contributed by atoms with Crippen molar-refractivity contribution in [3.63, 3.8) is 0 Å². The van der Waals surface area contributed by atoms with Crippen molar-refractivity contribution in [2.75, 3.05) is 24.3 Å². The van der Waals surface area contributed by atoms with Crippen LogP contribution < -0.4 is 10.1 Å². The van der Waals surface area contributed by atoms with Crippen LogP contribution in [0.5, 0.6) is 5.75 Å². The molecule has 0 radical (unpaired) electrons. The molecule has 3 aromatic carbocycles. The Balaban J connectivity index is 1.39. The molecular formula is C27H28ClNO4S. The molecule has 3 aromatic rings. The first kappa shape index (κ1) is 24.6. The molecule has 0 saturated carbocycles. The monoisotopic (exact) mass is 497 g/mol. The fraction of sp³-hybridized carbons (Fsp3) is 0.296. The van der Waals surface area contributed by atoms with Gasteiger partial charge in [-0.1, -0.05) is 35.9 Å². The van der Waals surface area contributed by atoms with Gasteiger partial charge in [0.15, 0.2) is 4.90 Å². The molecule has 0 aliphatic carbocycles. The van der Waals surface area contributed by atoms with E-state index in [0.29, 0.717) is 29.7 Å². The first-order valence-electron chi connectivity index (χ1n) is 11.4. The third-order valence-electron chi connectivity index (χ3n) is 5.94. The number of halogens is 1. The van der Waals surface area contributed by atoms with E-state index in [1.165, 1.54) is 0 Å². The fourth-order valence-corrected chi connectivity index (χ4v) is 4.95. The summed E-state index contributed by atoms with van der Waals surface area (Å²) in [5.74, 6) is 1.20. The number of hydrogen-bond acceptors (Lipinski definition) is 4. The van der Waals surface area contributed by atoms with Crippen LogP contribution in [0.25, 0.3) is 0 Å². The van der Waals surface area contributed by atoms with Crippen LogP contribution in [0.3, 0.4) is 0 Å². The Bertz CT molecular complexity index is 1080. The molecule has 0 spiro atoms. The summed E-state index contributed by atoms with van der Waals surface area (Å²) in [6.07, 6.45) is 1.74. The molecule has 7 heteroatoms. The highest BCUT2D eigenvalue weighted by molar-refractivity contribution is 7.91. The Morgan fingerprint density at radius 1 is 1.03 bits per heavy atom. The zero-order chi connectivity index (χ0) is 24.0. The fourth-order valence-electron chi connectivity index (χ4n) is 4.05. The van der Waals surface area contributed by atoms with Gasteiger partial charge in [-0.3, -0.25) is 4.79 Å². The lowest BCUT2D eigenvalue weighted by molar-refractivity contribution is -0.115. The van der Waals surface area contributed by atoms with Crippen molar-refractivity contribution in [3.8, 4) is 5.75 Å². The maximum Gasteiger partial charge on any atom is 0.228 e. The van der Waals surface area contributed by atoms with Crippen LogP contribution in [-0.4, -0.2) is 29.4 Å². The summed E-state index contributed by atoms with van der Waals surface area (Å²) in [5.41, 5.74) is 2.18. The average Bonchev–Trinajstić information content (AvgIpc) is 2.86. The summed E-state index contributed by atoms with van der Waals surface area (Å²) in [7, 11) is 0. The molecule has 178 valence electrons. The van der Waals surface area contributed by atoms with E-state index in [-0.39, 0.29) is 12.3 Å². The normalized spacial score (nSPS) is 16.0. The molecular weight excluding hydrogens is 470 g/mol. The molecule has 0 aromatic heterocycles. The summed E-state index contributed by atoms with van der Waals surface area (Å²) >= 11 is 5.09. The summed E-state index contributed by atoms with van der Waals surface area (Å²) in [6.45, 7) is 3.15. The molecule has 4 rings (SSSR count). The Kier molecular flexibility index (Phi) is 8.16. The minimum absolute atomic E-state index is 0.111. The highest BCUT2D eigenvalue weighted by Gasteiger charge is 2.36. The van der Waals surface area contributed by atoms with Crippen molar-refractivity contribution in [2.45, 2.75) is 36.7 Å². The molecule has 1 N–H and O–H groups in total. The van der Waals surface area contributed by atoms with Crippen molar-refractivity contribution >= 4 is 34.4 Å². The van der Waals surface area contributed by atoms with Crippen LogP contribution >= 0.6 is 11.6 Å². The predicted octanol–water partition coefficient (Wildman–Crippen LogP) is 5.73. The number of rotatable bonds is 8. The maximum atomic E-state index is 12.5. The third-order valence-corrected chi connectivity index (χ3v) is 7.51. The second kappa shape index (κ2) is 11.3. The molecule has 1 heterocycles. The van der Waals surface area contributed by atoms with Gasteiger partial charge in [0.2, 0.25) is 5.91 Å². The molecule has 34 heavy (non-hydrogen) atoms. The Morgan fingerprint density at radius 3 is 2.29 bits per heavy atom. The first-order valence-corrected chi connectivity index (χ1v) is 13.1. The van der Waals surface area contributed by atoms with Crippen LogP contribution in [0.2, 0.25) is 5.02 Å². The van der Waals surface area contributed by atoms with Gasteiger partial charge < -0.3 is 19.3 Å². The minimum atomic E-state index is -0.990. The van der Waals surface area contributed by atoms with Crippen LogP contribution in [0.4, 0.5) is 5.69 Å². The number of carbonyl (C=O) groups is 1. The molecule has 5 nitrogen and oxygen atoms in total. The summed E-state index contributed by atoms with van der Waals surface area (Å²) in [4.78, 5) is 13.3. The number of amides is 1. The lowest BCUT2D eigenvalue weighted by Gasteiger charge is -2.38. The van der Waals surface area contributed by atoms with Crippen LogP contribution in [0, 0.1) is 0 Å². The quantitative estimate of drug-likeness (QED) is 0.403. The van der Waals surface area contributed by atoms with E-state index >= 15 is 0 Å². The Morgan fingerprint density at radius 2 is 1.68 bits per heavy atom. The topological polar surface area (TPSA) is 70.6 Å². The van der Waals surface area contributed by atoms with E-state index in [4.69, 9.17) is 21.1 Å². The smallest absolute Gasteiger partial charge is 0.228 e. The van der Waals surface area contributed by atoms with Crippen LogP contribution in [0.15, 0.2) is 77.7 Å². The van der Waals surface area contributed by atoms with E-state index in [1.807, 2.05) is 79.7 Å². The molecule has 0 bridgehead atoms. The zero-order valence-corrected chi connectivity index (χ0v) is 20.7. The van der Waals surface area contributed by atoms with Gasteiger partial charge in [0.05, 0.1) is 19.6 Å². The van der Waals surface area contributed by atoms with Crippen molar-refractivity contribution in [1.82, 2.24) is 0 Å². The van der Waals surface area contributed by atoms with Gasteiger partial charge in [0.1, 0.15) is 17.1 Å². The van der Waals surface area contributed by atoms with Gasteiger partial charge in [0.25, 0.3) is 0 Å². The first-order chi connectivity index (χ1) is 16.5. The number of hydrogen-bond donors (Lipinski definition) is 1. The SMILES string of the molecule is CC[S@+]([O-])c1ccc(CC(=O)Nc2ccc(OC3(c4ccc(Cl)cc4)CCOCC3)cc2)cc1. The lowest BCUT2D eigenvalue weighted by Crippen LogP contribution is -2.39. The van der Waals surface area contributed by atoms with Crippen molar-refractivity contribution in [3.05, 3.63) is 88.9 Å². The summed E-state index contributed by atoms with van der Waals surface area (Å²) < 4.78 is 23.9. The lowest BCUT2D eigenvalue weighted by atomic mass is 9.86. The second-order valence-corrected chi connectivity index (χ2v) is 10.4. The highest BCUT2D eigenvalue weighted by Crippen LogP contribution is 2.38. The van der Waals surface area contributed by atoms with E-state index in [1.54, 1.807) is 0 Å². The maximum absolute atomic E-state index is 12.5. The summed E-state index contributed by atoms with van der Waals surface area (Å²) in [6, 6.07) is 22.6. The van der Waals surface area contributed by atoms with Crippen molar-refractivity contribution in [2.24, 2.45) is 0 Å². The second-order valence-electron chi connectivity index (χ2n) is 8.24. The van der Waals surface area contributed by atoms with Gasteiger partial charge in [0, 0.05) is 23.6 Å².